The van der Waals surface area contributed by atoms with E-state index in [1.54, 1.807) is 12.4 Å². The highest BCUT2D eigenvalue weighted by molar-refractivity contribution is 5.15. The van der Waals surface area contributed by atoms with Crippen molar-refractivity contribution in [2.24, 2.45) is 11.8 Å². The third kappa shape index (κ3) is 3.34. The smallest absolute Gasteiger partial charge is 0.137 e. The zero-order valence-electron chi connectivity index (χ0n) is 8.68. The van der Waals surface area contributed by atoms with Gasteiger partial charge in [-0.1, -0.05) is 13.8 Å². The van der Waals surface area contributed by atoms with Crippen molar-refractivity contribution in [3.63, 3.8) is 0 Å². The van der Waals surface area contributed by atoms with Crippen molar-refractivity contribution in [2.45, 2.75) is 13.8 Å². The van der Waals surface area contributed by atoms with E-state index in [-0.39, 0.29) is 12.5 Å². The van der Waals surface area contributed by atoms with Gasteiger partial charge in [-0.2, -0.15) is 0 Å². The van der Waals surface area contributed by atoms with Gasteiger partial charge >= 0.3 is 0 Å². The lowest BCUT2D eigenvalue weighted by molar-refractivity contribution is 0.130. The third-order valence-corrected chi connectivity index (χ3v) is 2.28. The molecule has 0 spiro atoms. The van der Waals surface area contributed by atoms with Crippen LogP contribution in [0.1, 0.15) is 13.8 Å². The molecule has 0 radical (unpaired) electrons. The SMILES string of the molecule is CC(C)C(CO)COc1cccnc1. The molecule has 3 heteroatoms. The summed E-state index contributed by atoms with van der Waals surface area (Å²) in [5, 5.41) is 9.08. The molecule has 14 heavy (non-hydrogen) atoms. The summed E-state index contributed by atoms with van der Waals surface area (Å²) in [4.78, 5) is 3.95. The molecule has 0 aliphatic heterocycles. The molecule has 0 aliphatic rings. The van der Waals surface area contributed by atoms with Crippen LogP contribution in [0.3, 0.4) is 0 Å². The number of aliphatic hydroxyl groups is 1. The minimum Gasteiger partial charge on any atom is -0.492 e. The van der Waals surface area contributed by atoms with E-state index in [1.165, 1.54) is 0 Å². The fraction of sp³-hybridized carbons (Fsp3) is 0.545. The lowest BCUT2D eigenvalue weighted by Gasteiger charge is -2.18. The first-order valence-corrected chi connectivity index (χ1v) is 4.87. The Morgan fingerprint density at radius 1 is 1.50 bits per heavy atom. The fourth-order valence-electron chi connectivity index (χ4n) is 1.09. The number of aliphatic hydroxyl groups excluding tert-OH is 1. The molecule has 1 heterocycles. The normalized spacial score (nSPS) is 12.9. The molecule has 1 N–H and O–H groups in total. The number of nitrogens with zero attached hydrogens (tertiary/aromatic N) is 1. The van der Waals surface area contributed by atoms with Gasteiger partial charge in [0, 0.05) is 18.7 Å². The van der Waals surface area contributed by atoms with Crippen molar-refractivity contribution in [2.75, 3.05) is 13.2 Å². The first kappa shape index (κ1) is 11.0. The van der Waals surface area contributed by atoms with Gasteiger partial charge in [0.05, 0.1) is 12.8 Å². The van der Waals surface area contributed by atoms with Crippen LogP contribution in [-0.4, -0.2) is 23.3 Å². The lowest BCUT2D eigenvalue weighted by Crippen LogP contribution is -2.21. The van der Waals surface area contributed by atoms with E-state index < -0.39 is 0 Å². The summed E-state index contributed by atoms with van der Waals surface area (Å²) in [6.45, 7) is 4.86. The van der Waals surface area contributed by atoms with Crippen molar-refractivity contribution >= 4 is 0 Å². The molecule has 0 bridgehead atoms. The molecule has 1 atom stereocenters. The summed E-state index contributed by atoms with van der Waals surface area (Å²) < 4.78 is 5.50. The van der Waals surface area contributed by atoms with Gasteiger partial charge in [-0.25, -0.2) is 0 Å². The Morgan fingerprint density at radius 2 is 2.29 bits per heavy atom. The van der Waals surface area contributed by atoms with Crippen LogP contribution in [0.5, 0.6) is 5.75 Å². The Kier molecular flexibility index (Phi) is 4.40. The van der Waals surface area contributed by atoms with E-state index in [4.69, 9.17) is 9.84 Å². The first-order valence-electron chi connectivity index (χ1n) is 4.87. The molecule has 0 saturated heterocycles. The van der Waals surface area contributed by atoms with Gasteiger partial charge in [-0.05, 0) is 18.1 Å². The topological polar surface area (TPSA) is 42.4 Å². The molecule has 78 valence electrons. The van der Waals surface area contributed by atoms with E-state index in [9.17, 15) is 0 Å². The Balaban J connectivity index is 2.40. The first-order chi connectivity index (χ1) is 6.74. The Hall–Kier alpha value is -1.09. The summed E-state index contributed by atoms with van der Waals surface area (Å²) in [7, 11) is 0. The van der Waals surface area contributed by atoms with Crippen molar-refractivity contribution in [3.8, 4) is 5.75 Å². The van der Waals surface area contributed by atoms with Gasteiger partial charge in [-0.3, -0.25) is 4.98 Å². The Labute approximate surface area is 84.7 Å². The second kappa shape index (κ2) is 5.60. The Bertz CT molecular complexity index is 249. The van der Waals surface area contributed by atoms with Gasteiger partial charge in [0.2, 0.25) is 0 Å². The van der Waals surface area contributed by atoms with Crippen molar-refractivity contribution in [1.29, 1.82) is 0 Å². The molecule has 1 aromatic heterocycles. The van der Waals surface area contributed by atoms with Crippen LogP contribution in [0, 0.1) is 11.8 Å². The highest BCUT2D eigenvalue weighted by Crippen LogP contribution is 2.13. The molecule has 1 aromatic rings. The molecule has 0 aromatic carbocycles. The average molecular weight is 195 g/mol. The van der Waals surface area contributed by atoms with Crippen LogP contribution in [0.4, 0.5) is 0 Å². The molecular formula is C11H17NO2. The molecule has 0 amide bonds. The van der Waals surface area contributed by atoms with Gasteiger partial charge in [0.25, 0.3) is 0 Å². The highest BCUT2D eigenvalue weighted by Gasteiger charge is 2.12. The summed E-state index contributed by atoms with van der Waals surface area (Å²) >= 11 is 0. The second-order valence-corrected chi connectivity index (χ2v) is 3.69. The van der Waals surface area contributed by atoms with Crippen molar-refractivity contribution in [3.05, 3.63) is 24.5 Å². The van der Waals surface area contributed by atoms with E-state index >= 15 is 0 Å². The third-order valence-electron chi connectivity index (χ3n) is 2.28. The average Bonchev–Trinajstić information content (AvgIpc) is 2.20. The molecule has 1 unspecified atom stereocenters. The predicted octanol–water partition coefficient (Wildman–Crippen LogP) is 1.72. The minimum atomic E-state index is 0.165. The maximum Gasteiger partial charge on any atom is 0.137 e. The number of hydrogen-bond acceptors (Lipinski definition) is 3. The van der Waals surface area contributed by atoms with E-state index in [0.717, 1.165) is 5.75 Å². The van der Waals surface area contributed by atoms with Crippen molar-refractivity contribution in [1.82, 2.24) is 4.98 Å². The number of aromatic nitrogens is 1. The maximum atomic E-state index is 9.08. The number of pyridine rings is 1. The lowest BCUT2D eigenvalue weighted by atomic mass is 9.98. The van der Waals surface area contributed by atoms with E-state index in [1.807, 2.05) is 12.1 Å². The molecule has 0 fully saturated rings. The fourth-order valence-corrected chi connectivity index (χ4v) is 1.09. The Morgan fingerprint density at radius 3 is 2.79 bits per heavy atom. The molecule has 0 aliphatic carbocycles. The van der Waals surface area contributed by atoms with Gasteiger partial charge in [-0.15, -0.1) is 0 Å². The number of rotatable bonds is 5. The van der Waals surface area contributed by atoms with Gasteiger partial charge in [0.15, 0.2) is 0 Å². The predicted molar refractivity (Wildman–Crippen MR) is 55.1 cm³/mol. The molecule has 0 saturated carbocycles. The summed E-state index contributed by atoms with van der Waals surface area (Å²) in [5.41, 5.74) is 0. The van der Waals surface area contributed by atoms with E-state index in [0.29, 0.717) is 12.5 Å². The standard InChI is InChI=1S/C11H17NO2/c1-9(2)10(7-13)8-14-11-4-3-5-12-6-11/h3-6,9-10,13H,7-8H2,1-2H3. The van der Waals surface area contributed by atoms with Crippen LogP contribution >= 0.6 is 0 Å². The minimum absolute atomic E-state index is 0.165. The molecular weight excluding hydrogens is 178 g/mol. The monoisotopic (exact) mass is 195 g/mol. The van der Waals surface area contributed by atoms with Crippen LogP contribution in [-0.2, 0) is 0 Å². The highest BCUT2D eigenvalue weighted by atomic mass is 16.5. The molecule has 1 rings (SSSR count). The largest absolute Gasteiger partial charge is 0.492 e. The van der Waals surface area contributed by atoms with Crippen LogP contribution in [0.2, 0.25) is 0 Å². The van der Waals surface area contributed by atoms with Gasteiger partial charge in [0.1, 0.15) is 5.75 Å². The zero-order valence-corrected chi connectivity index (χ0v) is 8.68. The second-order valence-electron chi connectivity index (χ2n) is 3.69. The van der Waals surface area contributed by atoms with Crippen LogP contribution in [0.15, 0.2) is 24.5 Å². The van der Waals surface area contributed by atoms with Crippen molar-refractivity contribution < 1.29 is 9.84 Å². The van der Waals surface area contributed by atoms with Crippen LogP contribution in [0.25, 0.3) is 0 Å². The number of ether oxygens (including phenoxy) is 1. The van der Waals surface area contributed by atoms with E-state index in [2.05, 4.69) is 18.8 Å². The number of hydrogen-bond donors (Lipinski definition) is 1. The summed E-state index contributed by atoms with van der Waals surface area (Å²) in [6, 6.07) is 3.69. The zero-order chi connectivity index (χ0) is 10.4. The van der Waals surface area contributed by atoms with Gasteiger partial charge < -0.3 is 9.84 Å². The maximum absolute atomic E-state index is 9.08. The van der Waals surface area contributed by atoms with Crippen LogP contribution < -0.4 is 4.74 Å². The summed E-state index contributed by atoms with van der Waals surface area (Å²) in [5.74, 6) is 1.37. The quantitative estimate of drug-likeness (QED) is 0.778. The molecule has 3 nitrogen and oxygen atoms in total. The summed E-state index contributed by atoms with van der Waals surface area (Å²) in [6.07, 6.45) is 3.38.